The molecule has 9 nitrogen and oxygen atoms in total. The Bertz CT molecular complexity index is 1200. The van der Waals surface area contributed by atoms with Crippen molar-refractivity contribution in [2.75, 3.05) is 5.73 Å². The van der Waals surface area contributed by atoms with Crippen molar-refractivity contribution in [3.63, 3.8) is 0 Å². The molecule has 10 heteroatoms. The van der Waals surface area contributed by atoms with Crippen molar-refractivity contribution in [2.24, 2.45) is 5.41 Å². The molecule has 0 saturated heterocycles. The lowest BCUT2D eigenvalue weighted by Crippen LogP contribution is -2.57. The summed E-state index contributed by atoms with van der Waals surface area (Å²) >= 11 is 0. The monoisotopic (exact) mass is 457 g/mol. The number of anilines is 1. The number of aromatic nitrogens is 1. The van der Waals surface area contributed by atoms with Crippen LogP contribution in [0.1, 0.15) is 48.5 Å². The van der Waals surface area contributed by atoms with Crippen LogP contribution in [0.15, 0.2) is 35.4 Å². The normalized spacial score (nSPS) is 24.5. The van der Waals surface area contributed by atoms with E-state index in [1.165, 1.54) is 13.1 Å². The number of carbonyl (C=O) groups is 1. The van der Waals surface area contributed by atoms with E-state index in [-0.39, 0.29) is 39.7 Å². The lowest BCUT2D eigenvalue weighted by Gasteiger charge is -2.56. The van der Waals surface area contributed by atoms with Crippen molar-refractivity contribution in [1.29, 1.82) is 5.41 Å². The number of hydrogen-bond donors (Lipinski definition) is 5. The first-order valence-corrected chi connectivity index (χ1v) is 11.9. The van der Waals surface area contributed by atoms with E-state index < -0.39 is 15.9 Å². The summed E-state index contributed by atoms with van der Waals surface area (Å²) < 4.78 is 28.7. The molecular formula is C22H27N5O4S. The molecular weight excluding hydrogens is 430 g/mol. The Morgan fingerprint density at radius 2 is 1.94 bits per heavy atom. The first kappa shape index (κ1) is 22.4. The third kappa shape index (κ3) is 4.25. The van der Waals surface area contributed by atoms with Gasteiger partial charge in [-0.05, 0) is 74.3 Å². The molecule has 1 spiro atoms. The molecule has 170 valence electrons. The number of rotatable bonds is 5. The van der Waals surface area contributed by atoms with E-state index in [0.717, 1.165) is 31.2 Å². The van der Waals surface area contributed by atoms with Gasteiger partial charge in [0, 0.05) is 17.8 Å². The molecule has 1 aromatic heterocycles. The summed E-state index contributed by atoms with van der Waals surface area (Å²) in [6, 6.07) is 6.25. The predicted molar refractivity (Wildman–Crippen MR) is 121 cm³/mol. The number of pyridine rings is 1. The highest BCUT2D eigenvalue weighted by Crippen LogP contribution is 2.56. The van der Waals surface area contributed by atoms with Crippen LogP contribution in [0.3, 0.4) is 0 Å². The topological polar surface area (TPSA) is 158 Å². The number of aliphatic hydroxyl groups is 1. The van der Waals surface area contributed by atoms with Gasteiger partial charge in [0.05, 0.1) is 22.4 Å². The summed E-state index contributed by atoms with van der Waals surface area (Å²) in [5.41, 5.74) is 8.04. The Hall–Kier alpha value is -2.82. The minimum atomic E-state index is -3.73. The SMILES string of the molecule is CC(=N)NC(=O)c1cc(-c2cc(S(=O)(=O)NC3CC4(CC(O)C4)C3)ccc2C)cnc1N. The molecule has 2 aliphatic carbocycles. The minimum absolute atomic E-state index is 0.0237. The van der Waals surface area contributed by atoms with Crippen LogP contribution in [-0.4, -0.2) is 42.4 Å². The van der Waals surface area contributed by atoms with Gasteiger partial charge in [-0.25, -0.2) is 18.1 Å². The van der Waals surface area contributed by atoms with Gasteiger partial charge in [-0.3, -0.25) is 10.2 Å². The average Bonchev–Trinajstić information content (AvgIpc) is 2.65. The maximum atomic E-state index is 13.0. The molecule has 0 radical (unpaired) electrons. The van der Waals surface area contributed by atoms with Gasteiger partial charge in [0.1, 0.15) is 5.82 Å². The van der Waals surface area contributed by atoms with Gasteiger partial charge in [0.15, 0.2) is 0 Å². The third-order valence-electron chi connectivity index (χ3n) is 6.31. The molecule has 1 aromatic carbocycles. The first-order chi connectivity index (χ1) is 15.0. The summed E-state index contributed by atoms with van der Waals surface area (Å²) in [6.45, 7) is 3.28. The summed E-state index contributed by atoms with van der Waals surface area (Å²) in [6.07, 6.45) is 4.22. The van der Waals surface area contributed by atoms with Crippen LogP contribution in [0, 0.1) is 17.7 Å². The molecule has 4 rings (SSSR count). The number of aryl methyl sites for hydroxylation is 1. The van der Waals surface area contributed by atoms with Gasteiger partial charge in [-0.15, -0.1) is 0 Å². The van der Waals surface area contributed by atoms with Crippen LogP contribution in [-0.2, 0) is 10.0 Å². The van der Waals surface area contributed by atoms with Gasteiger partial charge in [0.2, 0.25) is 10.0 Å². The second kappa shape index (κ2) is 7.95. The van der Waals surface area contributed by atoms with Gasteiger partial charge >= 0.3 is 0 Å². The molecule has 6 N–H and O–H groups in total. The van der Waals surface area contributed by atoms with Crippen molar-refractivity contribution >= 4 is 27.6 Å². The number of amidine groups is 1. The van der Waals surface area contributed by atoms with Crippen LogP contribution in [0.4, 0.5) is 5.82 Å². The number of benzene rings is 1. The molecule has 2 fully saturated rings. The number of hydrogen-bond acceptors (Lipinski definition) is 7. The summed E-state index contributed by atoms with van der Waals surface area (Å²) in [5.74, 6) is -0.549. The van der Waals surface area contributed by atoms with Crippen molar-refractivity contribution < 1.29 is 18.3 Å². The zero-order valence-corrected chi connectivity index (χ0v) is 18.8. The van der Waals surface area contributed by atoms with E-state index in [1.807, 2.05) is 6.92 Å². The lowest BCUT2D eigenvalue weighted by molar-refractivity contribution is -0.0930. The van der Waals surface area contributed by atoms with E-state index in [2.05, 4.69) is 15.0 Å². The zero-order valence-electron chi connectivity index (χ0n) is 18.0. The van der Waals surface area contributed by atoms with Crippen LogP contribution in [0.2, 0.25) is 0 Å². The summed E-state index contributed by atoms with van der Waals surface area (Å²) in [4.78, 5) is 16.6. The molecule has 2 saturated carbocycles. The predicted octanol–water partition coefficient (Wildman–Crippen LogP) is 1.95. The highest BCUT2D eigenvalue weighted by atomic mass is 32.2. The van der Waals surface area contributed by atoms with Crippen molar-refractivity contribution in [1.82, 2.24) is 15.0 Å². The highest BCUT2D eigenvalue weighted by Gasteiger charge is 2.53. The molecule has 0 aliphatic heterocycles. The number of aliphatic hydroxyl groups excluding tert-OH is 1. The van der Waals surface area contributed by atoms with Crippen molar-refractivity contribution in [3.8, 4) is 11.1 Å². The van der Waals surface area contributed by atoms with Crippen LogP contribution < -0.4 is 15.8 Å². The van der Waals surface area contributed by atoms with E-state index >= 15 is 0 Å². The fourth-order valence-corrected chi connectivity index (χ4v) is 6.01. The quantitative estimate of drug-likeness (QED) is 0.341. The second-order valence-corrected chi connectivity index (χ2v) is 10.7. The standard InChI is InChI=1S/C22H27N5O4S/c1-12-3-4-17(32(30,31)27-15-7-22(8-15)9-16(28)10-22)6-18(12)14-5-19(20(24)25-11-14)21(29)26-13(2)23/h3-6,11,15-16,27-28H,7-10H2,1-2H3,(H2,24,25)(H2,23,26,29). The van der Waals surface area contributed by atoms with E-state index in [4.69, 9.17) is 11.1 Å². The van der Waals surface area contributed by atoms with E-state index in [0.29, 0.717) is 11.1 Å². The van der Waals surface area contributed by atoms with Crippen LogP contribution in [0.5, 0.6) is 0 Å². The molecule has 32 heavy (non-hydrogen) atoms. The van der Waals surface area contributed by atoms with Gasteiger partial charge in [-0.2, -0.15) is 0 Å². The summed E-state index contributed by atoms with van der Waals surface area (Å²) in [5, 5.41) is 19.4. The molecule has 2 aromatic rings. The minimum Gasteiger partial charge on any atom is -0.393 e. The molecule has 2 aliphatic rings. The lowest BCUT2D eigenvalue weighted by atomic mass is 9.53. The largest absolute Gasteiger partial charge is 0.393 e. The fraction of sp³-hybridized carbons (Fsp3) is 0.409. The Balaban J connectivity index is 1.58. The van der Waals surface area contributed by atoms with Gasteiger partial charge < -0.3 is 16.2 Å². The first-order valence-electron chi connectivity index (χ1n) is 10.4. The molecule has 0 atom stereocenters. The third-order valence-corrected chi connectivity index (χ3v) is 7.83. The Kier molecular flexibility index (Phi) is 5.56. The number of carbonyl (C=O) groups excluding carboxylic acids is 1. The number of nitrogens with one attached hydrogen (secondary N) is 3. The number of nitrogens with two attached hydrogens (primary N) is 1. The Morgan fingerprint density at radius 3 is 2.56 bits per heavy atom. The maximum Gasteiger partial charge on any atom is 0.260 e. The van der Waals surface area contributed by atoms with Crippen LogP contribution >= 0.6 is 0 Å². The average molecular weight is 458 g/mol. The fourth-order valence-electron chi connectivity index (χ4n) is 4.75. The number of sulfonamides is 1. The molecule has 1 heterocycles. The maximum absolute atomic E-state index is 13.0. The second-order valence-electron chi connectivity index (χ2n) is 9.00. The highest BCUT2D eigenvalue weighted by molar-refractivity contribution is 7.89. The number of nitrogens with zero attached hydrogens (tertiary/aromatic N) is 1. The van der Waals surface area contributed by atoms with Crippen molar-refractivity contribution in [2.45, 2.75) is 56.6 Å². The van der Waals surface area contributed by atoms with E-state index in [1.54, 1.807) is 24.3 Å². The Labute approximate surface area is 187 Å². The molecule has 0 bridgehead atoms. The number of amides is 1. The van der Waals surface area contributed by atoms with Crippen molar-refractivity contribution in [3.05, 3.63) is 41.6 Å². The molecule has 0 unspecified atom stereocenters. The van der Waals surface area contributed by atoms with Gasteiger partial charge in [0.25, 0.3) is 5.91 Å². The van der Waals surface area contributed by atoms with Gasteiger partial charge in [-0.1, -0.05) is 6.07 Å². The van der Waals surface area contributed by atoms with E-state index in [9.17, 15) is 18.3 Å². The zero-order chi connectivity index (χ0) is 23.3. The number of nitrogen functional groups attached to an aromatic ring is 1. The molecule has 1 amide bonds. The van der Waals surface area contributed by atoms with Crippen LogP contribution in [0.25, 0.3) is 11.1 Å². The smallest absolute Gasteiger partial charge is 0.260 e. The Morgan fingerprint density at radius 1 is 1.25 bits per heavy atom. The summed E-state index contributed by atoms with van der Waals surface area (Å²) in [7, 11) is -3.73.